The molecule has 2 aliphatic heterocycles. The molecule has 3 amide bonds. The van der Waals surface area contributed by atoms with Crippen molar-refractivity contribution in [3.8, 4) is 0 Å². The third kappa shape index (κ3) is 2.85. The van der Waals surface area contributed by atoms with Gasteiger partial charge in [-0.1, -0.05) is 0 Å². The van der Waals surface area contributed by atoms with Crippen molar-refractivity contribution in [1.29, 1.82) is 0 Å². The number of urea groups is 1. The Morgan fingerprint density at radius 1 is 1.50 bits per heavy atom. The fraction of sp³-hybridized carbons (Fsp3) is 0.800. The van der Waals surface area contributed by atoms with Gasteiger partial charge in [0.25, 0.3) is 0 Å². The van der Waals surface area contributed by atoms with Crippen LogP contribution in [0.5, 0.6) is 0 Å². The summed E-state index contributed by atoms with van der Waals surface area (Å²) in [5.41, 5.74) is 0. The number of hydrogen-bond acceptors (Lipinski definition) is 3. The lowest BCUT2D eigenvalue weighted by molar-refractivity contribution is -0.119. The summed E-state index contributed by atoms with van der Waals surface area (Å²) in [6.07, 6.45) is 1.38. The first-order valence-corrected chi connectivity index (χ1v) is 5.65. The van der Waals surface area contributed by atoms with E-state index in [0.29, 0.717) is 39.3 Å². The molecule has 1 unspecified atom stereocenters. The molecule has 2 heterocycles. The number of rotatable bonds is 2. The minimum absolute atomic E-state index is 0.0653. The van der Waals surface area contributed by atoms with Crippen molar-refractivity contribution in [1.82, 2.24) is 15.5 Å². The van der Waals surface area contributed by atoms with Gasteiger partial charge in [-0.05, 0) is 6.42 Å². The van der Waals surface area contributed by atoms with E-state index < -0.39 is 0 Å². The second kappa shape index (κ2) is 5.16. The van der Waals surface area contributed by atoms with E-state index in [4.69, 9.17) is 4.74 Å². The average Bonchev–Trinajstić information content (AvgIpc) is 2.73. The van der Waals surface area contributed by atoms with Crippen LogP contribution in [0, 0.1) is 0 Å². The fourth-order valence-electron chi connectivity index (χ4n) is 1.92. The van der Waals surface area contributed by atoms with Crippen molar-refractivity contribution < 1.29 is 14.3 Å². The molecule has 90 valence electrons. The lowest BCUT2D eigenvalue weighted by Crippen LogP contribution is -2.49. The van der Waals surface area contributed by atoms with Crippen LogP contribution in [0.4, 0.5) is 4.79 Å². The summed E-state index contributed by atoms with van der Waals surface area (Å²) in [7, 11) is 0. The highest BCUT2D eigenvalue weighted by molar-refractivity contribution is 5.79. The van der Waals surface area contributed by atoms with Crippen molar-refractivity contribution in [3.05, 3.63) is 0 Å². The van der Waals surface area contributed by atoms with Crippen molar-refractivity contribution in [2.24, 2.45) is 0 Å². The van der Waals surface area contributed by atoms with Gasteiger partial charge in [-0.2, -0.15) is 0 Å². The largest absolute Gasteiger partial charge is 0.378 e. The maximum absolute atomic E-state index is 11.7. The Hall–Kier alpha value is -1.30. The highest BCUT2D eigenvalue weighted by Crippen LogP contribution is 2.05. The number of amides is 3. The predicted molar refractivity (Wildman–Crippen MR) is 57.0 cm³/mol. The minimum atomic E-state index is -0.0653. The highest BCUT2D eigenvalue weighted by Gasteiger charge is 2.22. The Morgan fingerprint density at radius 3 is 2.88 bits per heavy atom. The fourth-order valence-corrected chi connectivity index (χ4v) is 1.92. The lowest BCUT2D eigenvalue weighted by Gasteiger charge is -2.27. The van der Waals surface area contributed by atoms with Gasteiger partial charge in [0.05, 0.1) is 13.2 Å². The highest BCUT2D eigenvalue weighted by atomic mass is 16.5. The standard InChI is InChI=1S/C10H17N3O3/c14-9-2-1-8(12-9)7-11-10(15)13-3-5-16-6-4-13/h8H,1-7H2,(H,11,15)(H,12,14). The maximum atomic E-state index is 11.7. The van der Waals surface area contributed by atoms with E-state index in [2.05, 4.69) is 10.6 Å². The second-order valence-electron chi connectivity index (χ2n) is 4.09. The van der Waals surface area contributed by atoms with Gasteiger partial charge in [-0.15, -0.1) is 0 Å². The Balaban J connectivity index is 1.68. The smallest absolute Gasteiger partial charge is 0.317 e. The third-order valence-corrected chi connectivity index (χ3v) is 2.88. The summed E-state index contributed by atoms with van der Waals surface area (Å²) in [6, 6.07) is 0.0296. The number of hydrogen-bond donors (Lipinski definition) is 2. The first-order chi connectivity index (χ1) is 7.75. The molecule has 0 aromatic heterocycles. The van der Waals surface area contributed by atoms with Gasteiger partial charge in [0.15, 0.2) is 0 Å². The van der Waals surface area contributed by atoms with Gasteiger partial charge in [0, 0.05) is 32.1 Å². The minimum Gasteiger partial charge on any atom is -0.378 e. The van der Waals surface area contributed by atoms with E-state index in [-0.39, 0.29) is 18.0 Å². The molecule has 2 aliphatic rings. The van der Waals surface area contributed by atoms with E-state index in [1.54, 1.807) is 4.90 Å². The molecule has 1 atom stereocenters. The van der Waals surface area contributed by atoms with Gasteiger partial charge >= 0.3 is 6.03 Å². The van der Waals surface area contributed by atoms with E-state index in [0.717, 1.165) is 6.42 Å². The van der Waals surface area contributed by atoms with Crippen LogP contribution in [-0.4, -0.2) is 55.7 Å². The SMILES string of the molecule is O=C1CCC(CNC(=O)N2CCOCC2)N1. The number of carbonyl (C=O) groups excluding carboxylic acids is 2. The normalized spacial score (nSPS) is 25.4. The lowest BCUT2D eigenvalue weighted by atomic mass is 10.2. The number of nitrogens with one attached hydrogen (secondary N) is 2. The van der Waals surface area contributed by atoms with Crippen LogP contribution in [0.2, 0.25) is 0 Å². The van der Waals surface area contributed by atoms with Gasteiger partial charge in [0.1, 0.15) is 0 Å². The zero-order valence-electron chi connectivity index (χ0n) is 9.20. The molecule has 2 N–H and O–H groups in total. The summed E-state index contributed by atoms with van der Waals surface area (Å²) >= 11 is 0. The van der Waals surface area contributed by atoms with Crippen LogP contribution in [0.3, 0.4) is 0 Å². The summed E-state index contributed by atoms with van der Waals surface area (Å²) in [5.74, 6) is 0.0746. The maximum Gasteiger partial charge on any atom is 0.317 e. The number of morpholine rings is 1. The first kappa shape index (κ1) is 11.2. The molecule has 0 saturated carbocycles. The van der Waals surface area contributed by atoms with Gasteiger partial charge in [-0.3, -0.25) is 4.79 Å². The van der Waals surface area contributed by atoms with Crippen LogP contribution in [0.1, 0.15) is 12.8 Å². The molecular formula is C10H17N3O3. The number of carbonyl (C=O) groups is 2. The zero-order valence-corrected chi connectivity index (χ0v) is 9.20. The van der Waals surface area contributed by atoms with Gasteiger partial charge in [0.2, 0.25) is 5.91 Å². The third-order valence-electron chi connectivity index (χ3n) is 2.88. The van der Waals surface area contributed by atoms with Crippen LogP contribution in [0.25, 0.3) is 0 Å². The number of nitrogens with zero attached hydrogens (tertiary/aromatic N) is 1. The molecule has 0 radical (unpaired) electrons. The molecule has 2 fully saturated rings. The summed E-state index contributed by atoms with van der Waals surface area (Å²) < 4.78 is 5.16. The van der Waals surface area contributed by atoms with E-state index in [1.807, 2.05) is 0 Å². The van der Waals surface area contributed by atoms with Crippen LogP contribution < -0.4 is 10.6 Å². The van der Waals surface area contributed by atoms with Gasteiger partial charge in [-0.25, -0.2) is 4.79 Å². The second-order valence-corrected chi connectivity index (χ2v) is 4.09. The summed E-state index contributed by atoms with van der Waals surface area (Å²) in [5, 5.41) is 5.65. The van der Waals surface area contributed by atoms with Crippen molar-refractivity contribution >= 4 is 11.9 Å². The molecule has 0 bridgehead atoms. The topological polar surface area (TPSA) is 70.7 Å². The molecule has 0 spiro atoms. The van der Waals surface area contributed by atoms with Crippen LogP contribution in [0.15, 0.2) is 0 Å². The van der Waals surface area contributed by atoms with Crippen molar-refractivity contribution in [2.75, 3.05) is 32.8 Å². The first-order valence-electron chi connectivity index (χ1n) is 5.65. The Labute approximate surface area is 94.3 Å². The molecule has 0 aromatic rings. The van der Waals surface area contributed by atoms with E-state index in [1.165, 1.54) is 0 Å². The number of ether oxygens (including phenoxy) is 1. The average molecular weight is 227 g/mol. The molecule has 16 heavy (non-hydrogen) atoms. The van der Waals surface area contributed by atoms with Crippen LogP contribution >= 0.6 is 0 Å². The monoisotopic (exact) mass is 227 g/mol. The predicted octanol–water partition coefficient (Wildman–Crippen LogP) is -0.693. The van der Waals surface area contributed by atoms with E-state index in [9.17, 15) is 9.59 Å². The Kier molecular flexibility index (Phi) is 3.61. The molecule has 0 aromatic carbocycles. The molecule has 6 heteroatoms. The summed E-state index contributed by atoms with van der Waals surface area (Å²) in [6.45, 7) is 3.01. The summed E-state index contributed by atoms with van der Waals surface area (Å²) in [4.78, 5) is 24.4. The Morgan fingerprint density at radius 2 is 2.25 bits per heavy atom. The molecule has 0 aliphatic carbocycles. The Bertz CT molecular complexity index is 276. The molecule has 6 nitrogen and oxygen atoms in total. The quantitative estimate of drug-likeness (QED) is 0.656. The molecular weight excluding hydrogens is 210 g/mol. The van der Waals surface area contributed by atoms with E-state index >= 15 is 0 Å². The zero-order chi connectivity index (χ0) is 11.4. The van der Waals surface area contributed by atoms with Crippen molar-refractivity contribution in [2.45, 2.75) is 18.9 Å². The molecule has 2 saturated heterocycles. The van der Waals surface area contributed by atoms with Crippen molar-refractivity contribution in [3.63, 3.8) is 0 Å². The van der Waals surface area contributed by atoms with Gasteiger partial charge < -0.3 is 20.3 Å². The molecule has 2 rings (SSSR count). The van der Waals surface area contributed by atoms with Crippen LogP contribution in [-0.2, 0) is 9.53 Å².